The quantitative estimate of drug-likeness (QED) is 0.782. The summed E-state index contributed by atoms with van der Waals surface area (Å²) in [5.41, 5.74) is 0.891. The van der Waals surface area contributed by atoms with Crippen molar-refractivity contribution in [3.63, 3.8) is 0 Å². The molecule has 0 atom stereocenters. The summed E-state index contributed by atoms with van der Waals surface area (Å²) in [6.45, 7) is 20.2. The van der Waals surface area contributed by atoms with E-state index in [1.807, 2.05) is 0 Å². The molecule has 1 saturated heterocycles. The van der Waals surface area contributed by atoms with E-state index in [0.717, 1.165) is 19.0 Å². The maximum absolute atomic E-state index is 3.61. The van der Waals surface area contributed by atoms with Crippen LogP contribution in [0.2, 0.25) is 0 Å². The van der Waals surface area contributed by atoms with Gasteiger partial charge in [0.25, 0.3) is 0 Å². The van der Waals surface area contributed by atoms with Gasteiger partial charge < -0.3 is 10.2 Å². The second-order valence-electron chi connectivity index (χ2n) is 8.17. The molecule has 1 aliphatic heterocycles. The van der Waals surface area contributed by atoms with Gasteiger partial charge in [0.1, 0.15) is 0 Å². The third-order valence-electron chi connectivity index (χ3n) is 3.79. The van der Waals surface area contributed by atoms with Gasteiger partial charge >= 0.3 is 0 Å². The Bertz CT molecular complexity index is 243. The molecule has 1 aliphatic rings. The molecule has 1 heterocycles. The highest BCUT2D eigenvalue weighted by molar-refractivity contribution is 4.84. The number of piperidine rings is 1. The molecule has 0 aromatic heterocycles. The van der Waals surface area contributed by atoms with Crippen LogP contribution >= 0.6 is 0 Å². The first-order valence-electron chi connectivity index (χ1n) is 7.63. The summed E-state index contributed by atoms with van der Waals surface area (Å²) in [5, 5.41) is 3.61. The van der Waals surface area contributed by atoms with Gasteiger partial charge in [0.15, 0.2) is 0 Å². The lowest BCUT2D eigenvalue weighted by molar-refractivity contribution is 0.0804. The fourth-order valence-electron chi connectivity index (χ4n) is 3.04. The summed E-state index contributed by atoms with van der Waals surface area (Å²) in [6.07, 6.45) is 2.75. The number of rotatable bonds is 6. The zero-order valence-corrected chi connectivity index (χ0v) is 13.5. The molecule has 2 nitrogen and oxygen atoms in total. The predicted octanol–water partition coefficient (Wildman–Crippen LogP) is 3.38. The summed E-state index contributed by atoms with van der Waals surface area (Å²) in [4.78, 5) is 2.67. The largest absolute Gasteiger partial charge is 0.316 e. The van der Waals surface area contributed by atoms with Crippen molar-refractivity contribution in [1.29, 1.82) is 0 Å². The zero-order valence-electron chi connectivity index (χ0n) is 13.5. The van der Waals surface area contributed by atoms with E-state index in [-0.39, 0.29) is 0 Å². The third kappa shape index (κ3) is 6.19. The van der Waals surface area contributed by atoms with Crippen LogP contribution in [0.5, 0.6) is 0 Å². The minimum absolute atomic E-state index is 0.377. The van der Waals surface area contributed by atoms with Crippen LogP contribution in [0.25, 0.3) is 0 Å². The Hall–Kier alpha value is -0.0800. The first kappa shape index (κ1) is 16.0. The van der Waals surface area contributed by atoms with Crippen LogP contribution in [-0.4, -0.2) is 37.6 Å². The molecule has 18 heavy (non-hydrogen) atoms. The summed E-state index contributed by atoms with van der Waals surface area (Å²) in [5.74, 6) is 0.745. The topological polar surface area (TPSA) is 15.3 Å². The van der Waals surface area contributed by atoms with E-state index >= 15 is 0 Å². The van der Waals surface area contributed by atoms with Crippen LogP contribution < -0.4 is 5.32 Å². The predicted molar refractivity (Wildman–Crippen MR) is 80.9 cm³/mol. The number of hydrogen-bond donors (Lipinski definition) is 1. The molecule has 0 aromatic rings. The van der Waals surface area contributed by atoms with Gasteiger partial charge in [-0.15, -0.1) is 0 Å². The first-order chi connectivity index (χ1) is 8.20. The molecule has 0 bridgehead atoms. The van der Waals surface area contributed by atoms with Crippen LogP contribution in [0, 0.1) is 16.7 Å². The summed E-state index contributed by atoms with van der Waals surface area (Å²) in [7, 11) is 0. The van der Waals surface area contributed by atoms with Crippen LogP contribution in [0.15, 0.2) is 0 Å². The SMILES string of the molecule is CC(C)CNCC(C)(C)CN1CCCC(C)(C)C1. The van der Waals surface area contributed by atoms with Gasteiger partial charge in [0, 0.05) is 19.6 Å². The molecule has 1 rings (SSSR count). The van der Waals surface area contributed by atoms with Crippen molar-refractivity contribution in [1.82, 2.24) is 10.2 Å². The smallest absolute Gasteiger partial charge is 0.00451 e. The second-order valence-corrected chi connectivity index (χ2v) is 8.17. The number of nitrogens with one attached hydrogen (secondary N) is 1. The van der Waals surface area contributed by atoms with E-state index < -0.39 is 0 Å². The highest BCUT2D eigenvalue weighted by atomic mass is 15.1. The Morgan fingerprint density at radius 3 is 2.50 bits per heavy atom. The molecule has 0 aromatic carbocycles. The molecule has 0 spiro atoms. The van der Waals surface area contributed by atoms with Crippen LogP contribution in [0.4, 0.5) is 0 Å². The minimum atomic E-state index is 0.377. The summed E-state index contributed by atoms with van der Waals surface area (Å²) >= 11 is 0. The zero-order chi connectivity index (χ0) is 13.8. The molecule has 0 unspecified atom stereocenters. The van der Waals surface area contributed by atoms with Crippen molar-refractivity contribution < 1.29 is 0 Å². The fourth-order valence-corrected chi connectivity index (χ4v) is 3.04. The third-order valence-corrected chi connectivity index (χ3v) is 3.79. The number of hydrogen-bond acceptors (Lipinski definition) is 2. The lowest BCUT2D eigenvalue weighted by atomic mass is 9.82. The molecule has 0 aliphatic carbocycles. The molecule has 2 heteroatoms. The minimum Gasteiger partial charge on any atom is -0.316 e. The molecule has 0 radical (unpaired) electrons. The molecule has 0 saturated carbocycles. The Morgan fingerprint density at radius 2 is 1.94 bits per heavy atom. The lowest BCUT2D eigenvalue weighted by Crippen LogP contribution is -2.47. The van der Waals surface area contributed by atoms with Gasteiger partial charge in [-0.3, -0.25) is 0 Å². The van der Waals surface area contributed by atoms with Gasteiger partial charge in [0.2, 0.25) is 0 Å². The lowest BCUT2D eigenvalue weighted by Gasteiger charge is -2.41. The molecule has 1 N–H and O–H groups in total. The van der Waals surface area contributed by atoms with E-state index in [0.29, 0.717) is 10.8 Å². The molecule has 1 fully saturated rings. The first-order valence-corrected chi connectivity index (χ1v) is 7.63. The average molecular weight is 254 g/mol. The molecular weight excluding hydrogens is 220 g/mol. The standard InChI is InChI=1S/C16H34N2/c1-14(2)10-17-11-16(5,6)13-18-9-7-8-15(3,4)12-18/h14,17H,7-13H2,1-6H3. The number of likely N-dealkylation sites (tertiary alicyclic amines) is 1. The van der Waals surface area contributed by atoms with Crippen molar-refractivity contribution in [2.45, 2.75) is 54.4 Å². The summed E-state index contributed by atoms with van der Waals surface area (Å²) < 4.78 is 0. The van der Waals surface area contributed by atoms with Gasteiger partial charge in [-0.2, -0.15) is 0 Å². The van der Waals surface area contributed by atoms with Crippen molar-refractivity contribution in [3.8, 4) is 0 Å². The van der Waals surface area contributed by atoms with E-state index in [2.05, 4.69) is 51.8 Å². The Labute approximate surface area is 115 Å². The van der Waals surface area contributed by atoms with E-state index in [1.165, 1.54) is 32.5 Å². The van der Waals surface area contributed by atoms with Crippen molar-refractivity contribution >= 4 is 0 Å². The van der Waals surface area contributed by atoms with Crippen LogP contribution in [0.1, 0.15) is 54.4 Å². The fraction of sp³-hybridized carbons (Fsp3) is 1.00. The summed E-state index contributed by atoms with van der Waals surface area (Å²) in [6, 6.07) is 0. The monoisotopic (exact) mass is 254 g/mol. The highest BCUT2D eigenvalue weighted by Crippen LogP contribution is 2.30. The van der Waals surface area contributed by atoms with Gasteiger partial charge in [0.05, 0.1) is 0 Å². The Kier molecular flexibility index (Phi) is 5.67. The normalized spacial score (nSPS) is 21.5. The maximum Gasteiger partial charge on any atom is 0.00451 e. The van der Waals surface area contributed by atoms with Crippen LogP contribution in [-0.2, 0) is 0 Å². The maximum atomic E-state index is 3.61. The van der Waals surface area contributed by atoms with Gasteiger partial charge in [-0.25, -0.2) is 0 Å². The van der Waals surface area contributed by atoms with Crippen molar-refractivity contribution in [2.75, 3.05) is 32.7 Å². The van der Waals surface area contributed by atoms with Crippen molar-refractivity contribution in [3.05, 3.63) is 0 Å². The van der Waals surface area contributed by atoms with E-state index in [1.54, 1.807) is 0 Å². The van der Waals surface area contributed by atoms with Crippen LogP contribution in [0.3, 0.4) is 0 Å². The number of nitrogens with zero attached hydrogens (tertiary/aromatic N) is 1. The van der Waals surface area contributed by atoms with E-state index in [4.69, 9.17) is 0 Å². The van der Waals surface area contributed by atoms with Gasteiger partial charge in [-0.05, 0) is 42.7 Å². The molecule has 0 amide bonds. The molecule has 108 valence electrons. The average Bonchev–Trinajstić information content (AvgIpc) is 2.13. The Morgan fingerprint density at radius 1 is 1.28 bits per heavy atom. The second kappa shape index (κ2) is 6.38. The van der Waals surface area contributed by atoms with E-state index in [9.17, 15) is 0 Å². The van der Waals surface area contributed by atoms with Gasteiger partial charge in [-0.1, -0.05) is 41.5 Å². The van der Waals surface area contributed by atoms with Crippen molar-refractivity contribution in [2.24, 2.45) is 16.7 Å². The Balaban J connectivity index is 2.35. The molecular formula is C16H34N2. The highest BCUT2D eigenvalue weighted by Gasteiger charge is 2.29.